The highest BCUT2D eigenvalue weighted by atomic mass is 32.2. The first kappa shape index (κ1) is 12.6. The third-order valence-electron chi connectivity index (χ3n) is 2.84. The minimum absolute atomic E-state index is 0.779. The number of hydrogen-bond donors (Lipinski definition) is 0. The van der Waals surface area contributed by atoms with Gasteiger partial charge in [0.25, 0.3) is 0 Å². The highest BCUT2D eigenvalue weighted by molar-refractivity contribution is 7.99. The third-order valence-corrected chi connectivity index (χ3v) is 6.15. The standard InChI is InChI=1S/C11H25NSSi/c1-12-6-5-11(9-12)10-13-7-8-14(2,3)4/h11H,5-10H2,1-4H3. The van der Waals surface area contributed by atoms with Crippen molar-refractivity contribution in [1.82, 2.24) is 4.90 Å². The van der Waals surface area contributed by atoms with Crippen molar-refractivity contribution in [3.05, 3.63) is 0 Å². The number of hydrogen-bond acceptors (Lipinski definition) is 2. The molecule has 0 aromatic heterocycles. The highest BCUT2D eigenvalue weighted by Gasteiger charge is 2.19. The van der Waals surface area contributed by atoms with E-state index in [0.29, 0.717) is 0 Å². The molecule has 0 aliphatic carbocycles. The Labute approximate surface area is 94.6 Å². The van der Waals surface area contributed by atoms with Crippen LogP contribution in [0.15, 0.2) is 0 Å². The molecule has 1 aliphatic heterocycles. The lowest BCUT2D eigenvalue weighted by molar-refractivity contribution is 0.403. The Kier molecular flexibility index (Phi) is 5.01. The average Bonchev–Trinajstić information content (AvgIpc) is 2.44. The van der Waals surface area contributed by atoms with Gasteiger partial charge in [-0.05, 0) is 43.5 Å². The molecule has 1 heterocycles. The summed E-state index contributed by atoms with van der Waals surface area (Å²) in [6.07, 6.45) is 1.43. The van der Waals surface area contributed by atoms with Crippen molar-refractivity contribution in [2.24, 2.45) is 5.92 Å². The molecule has 0 N–H and O–H groups in total. The van der Waals surface area contributed by atoms with Crippen LogP contribution in [-0.2, 0) is 0 Å². The normalized spacial score (nSPS) is 24.4. The largest absolute Gasteiger partial charge is 0.306 e. The third kappa shape index (κ3) is 5.42. The van der Waals surface area contributed by atoms with E-state index in [1.54, 1.807) is 0 Å². The second-order valence-electron chi connectivity index (χ2n) is 5.80. The second-order valence-corrected chi connectivity index (χ2v) is 12.6. The minimum atomic E-state index is -0.779. The fourth-order valence-corrected chi connectivity index (χ4v) is 5.59. The van der Waals surface area contributed by atoms with Crippen LogP contribution in [0.25, 0.3) is 0 Å². The molecule has 84 valence electrons. The number of nitrogens with zero attached hydrogens (tertiary/aromatic N) is 1. The molecule has 0 amide bonds. The van der Waals surface area contributed by atoms with Crippen LogP contribution in [0.2, 0.25) is 25.7 Å². The van der Waals surface area contributed by atoms with Gasteiger partial charge >= 0.3 is 0 Å². The molecule has 1 nitrogen and oxygen atoms in total. The number of thioether (sulfide) groups is 1. The van der Waals surface area contributed by atoms with E-state index in [0.717, 1.165) is 5.92 Å². The number of likely N-dealkylation sites (tertiary alicyclic amines) is 1. The molecular weight excluding hydrogens is 206 g/mol. The van der Waals surface area contributed by atoms with Crippen LogP contribution in [-0.4, -0.2) is 44.6 Å². The zero-order valence-corrected chi connectivity index (χ0v) is 12.0. The Morgan fingerprint density at radius 3 is 2.57 bits per heavy atom. The fourth-order valence-electron chi connectivity index (χ4n) is 1.79. The molecule has 0 bridgehead atoms. The van der Waals surface area contributed by atoms with Gasteiger partial charge in [0, 0.05) is 14.6 Å². The van der Waals surface area contributed by atoms with Crippen LogP contribution >= 0.6 is 11.8 Å². The lowest BCUT2D eigenvalue weighted by Gasteiger charge is -2.16. The summed E-state index contributed by atoms with van der Waals surface area (Å²) in [4.78, 5) is 2.46. The Balaban J connectivity index is 1.99. The zero-order valence-electron chi connectivity index (χ0n) is 10.2. The van der Waals surface area contributed by atoms with Gasteiger partial charge in [-0.1, -0.05) is 19.6 Å². The molecule has 1 fully saturated rings. The molecule has 3 heteroatoms. The summed E-state index contributed by atoms with van der Waals surface area (Å²) >= 11 is 2.19. The van der Waals surface area contributed by atoms with Crippen molar-refractivity contribution in [2.75, 3.05) is 31.6 Å². The van der Waals surface area contributed by atoms with Gasteiger partial charge in [-0.2, -0.15) is 11.8 Å². The topological polar surface area (TPSA) is 3.24 Å². The summed E-state index contributed by atoms with van der Waals surface area (Å²) in [6, 6.07) is 1.49. The quantitative estimate of drug-likeness (QED) is 0.528. The first-order valence-electron chi connectivity index (χ1n) is 5.74. The molecule has 1 aliphatic rings. The first-order chi connectivity index (χ1) is 6.47. The molecule has 14 heavy (non-hydrogen) atoms. The highest BCUT2D eigenvalue weighted by Crippen LogP contribution is 2.21. The van der Waals surface area contributed by atoms with Crippen LogP contribution < -0.4 is 0 Å². The van der Waals surface area contributed by atoms with Crippen molar-refractivity contribution in [3.63, 3.8) is 0 Å². The zero-order chi connectivity index (χ0) is 10.6. The maximum absolute atomic E-state index is 2.47. The monoisotopic (exact) mass is 231 g/mol. The minimum Gasteiger partial charge on any atom is -0.306 e. The smallest absolute Gasteiger partial charge is 0.0450 e. The van der Waals surface area contributed by atoms with Crippen molar-refractivity contribution in [2.45, 2.75) is 32.1 Å². The molecule has 0 spiro atoms. The summed E-state index contributed by atoms with van der Waals surface area (Å²) in [7, 11) is 1.46. The SMILES string of the molecule is CN1CCC(CSCC[Si](C)(C)C)C1. The Morgan fingerprint density at radius 1 is 1.36 bits per heavy atom. The van der Waals surface area contributed by atoms with Gasteiger partial charge < -0.3 is 4.90 Å². The Morgan fingerprint density at radius 2 is 2.07 bits per heavy atom. The lowest BCUT2D eigenvalue weighted by Crippen LogP contribution is -2.20. The van der Waals surface area contributed by atoms with Gasteiger partial charge in [0.05, 0.1) is 0 Å². The van der Waals surface area contributed by atoms with E-state index in [4.69, 9.17) is 0 Å². The van der Waals surface area contributed by atoms with Gasteiger partial charge in [-0.15, -0.1) is 0 Å². The van der Waals surface area contributed by atoms with E-state index < -0.39 is 8.07 Å². The first-order valence-corrected chi connectivity index (χ1v) is 10.6. The molecule has 0 radical (unpaired) electrons. The molecule has 1 rings (SSSR count). The van der Waals surface area contributed by atoms with Crippen LogP contribution in [0.4, 0.5) is 0 Å². The van der Waals surface area contributed by atoms with E-state index in [-0.39, 0.29) is 0 Å². The molecular formula is C11H25NSSi. The Hall–Kier alpha value is 0.527. The maximum atomic E-state index is 2.47. The van der Waals surface area contributed by atoms with E-state index in [1.807, 2.05) is 0 Å². The Bertz CT molecular complexity index is 167. The summed E-state index contributed by atoms with van der Waals surface area (Å²) in [5, 5.41) is 0. The molecule has 0 aromatic carbocycles. The summed E-state index contributed by atoms with van der Waals surface area (Å²) in [5.41, 5.74) is 0. The maximum Gasteiger partial charge on any atom is 0.0450 e. The molecule has 1 atom stereocenters. The van der Waals surface area contributed by atoms with E-state index in [2.05, 4.69) is 43.4 Å². The average molecular weight is 231 g/mol. The summed E-state index contributed by atoms with van der Waals surface area (Å²) in [5.74, 6) is 3.77. The predicted molar refractivity (Wildman–Crippen MR) is 71.1 cm³/mol. The van der Waals surface area contributed by atoms with E-state index in [1.165, 1.54) is 37.1 Å². The second kappa shape index (κ2) is 5.57. The van der Waals surface area contributed by atoms with Gasteiger partial charge in [0.1, 0.15) is 0 Å². The molecule has 0 aromatic rings. The van der Waals surface area contributed by atoms with Crippen molar-refractivity contribution in [3.8, 4) is 0 Å². The van der Waals surface area contributed by atoms with Crippen LogP contribution in [0.5, 0.6) is 0 Å². The van der Waals surface area contributed by atoms with Crippen LogP contribution in [0, 0.1) is 5.92 Å². The summed E-state index contributed by atoms with van der Waals surface area (Å²) in [6.45, 7) is 10.1. The van der Waals surface area contributed by atoms with Gasteiger partial charge in [0.2, 0.25) is 0 Å². The predicted octanol–water partition coefficient (Wildman–Crippen LogP) is 3.01. The van der Waals surface area contributed by atoms with Crippen molar-refractivity contribution in [1.29, 1.82) is 0 Å². The van der Waals surface area contributed by atoms with Crippen molar-refractivity contribution >= 4 is 19.8 Å². The van der Waals surface area contributed by atoms with Crippen molar-refractivity contribution < 1.29 is 0 Å². The van der Waals surface area contributed by atoms with E-state index >= 15 is 0 Å². The molecule has 1 saturated heterocycles. The van der Waals surface area contributed by atoms with Crippen LogP contribution in [0.1, 0.15) is 6.42 Å². The lowest BCUT2D eigenvalue weighted by atomic mass is 10.2. The van der Waals surface area contributed by atoms with Gasteiger partial charge in [0.15, 0.2) is 0 Å². The van der Waals surface area contributed by atoms with Crippen LogP contribution in [0.3, 0.4) is 0 Å². The number of rotatable bonds is 5. The fraction of sp³-hybridized carbons (Fsp3) is 1.00. The van der Waals surface area contributed by atoms with E-state index in [9.17, 15) is 0 Å². The summed E-state index contributed by atoms with van der Waals surface area (Å²) < 4.78 is 0. The molecule has 0 saturated carbocycles. The van der Waals surface area contributed by atoms with Gasteiger partial charge in [-0.25, -0.2) is 0 Å². The van der Waals surface area contributed by atoms with Gasteiger partial charge in [-0.3, -0.25) is 0 Å². The molecule has 1 unspecified atom stereocenters.